The van der Waals surface area contributed by atoms with Crippen molar-refractivity contribution in [3.63, 3.8) is 0 Å². The summed E-state index contributed by atoms with van der Waals surface area (Å²) in [5.41, 5.74) is 2.09. The van der Waals surface area contributed by atoms with Crippen LogP contribution in [0.2, 0.25) is 0 Å². The number of ether oxygens (including phenoxy) is 2. The summed E-state index contributed by atoms with van der Waals surface area (Å²) in [5, 5.41) is 11.0. The second-order valence-electron chi connectivity index (χ2n) is 7.52. The van der Waals surface area contributed by atoms with E-state index in [1.165, 1.54) is 5.56 Å². The molecule has 1 N–H and O–H groups in total. The van der Waals surface area contributed by atoms with Gasteiger partial charge in [-0.3, -0.25) is 0 Å². The van der Waals surface area contributed by atoms with Gasteiger partial charge < -0.3 is 24.4 Å². The van der Waals surface area contributed by atoms with Gasteiger partial charge in [0, 0.05) is 51.2 Å². The zero-order valence-corrected chi connectivity index (χ0v) is 16.8. The predicted molar refractivity (Wildman–Crippen MR) is 109 cm³/mol. The first kappa shape index (κ1) is 19.9. The molecule has 27 heavy (non-hydrogen) atoms. The van der Waals surface area contributed by atoms with Crippen molar-refractivity contribution in [2.75, 3.05) is 65.6 Å². The van der Waals surface area contributed by atoms with E-state index in [2.05, 4.69) is 35.9 Å². The van der Waals surface area contributed by atoms with Crippen LogP contribution in [-0.4, -0.2) is 75.7 Å². The van der Waals surface area contributed by atoms with Gasteiger partial charge in [-0.05, 0) is 37.6 Å². The Bertz CT molecular complexity index is 768. The summed E-state index contributed by atoms with van der Waals surface area (Å²) >= 11 is 0. The molecule has 0 unspecified atom stereocenters. The smallest absolute Gasteiger partial charge is 0.145 e. The summed E-state index contributed by atoms with van der Waals surface area (Å²) in [7, 11) is 5.52. The van der Waals surface area contributed by atoms with Crippen molar-refractivity contribution in [3.05, 3.63) is 29.8 Å². The van der Waals surface area contributed by atoms with Crippen LogP contribution in [0.15, 0.2) is 24.3 Å². The molecule has 0 radical (unpaired) electrons. The molecule has 1 aromatic heterocycles. The number of methoxy groups -OCH3 is 2. The number of anilines is 1. The molecule has 1 fully saturated rings. The number of fused-ring (bicyclic) bond motifs is 1. The number of likely N-dealkylation sites (N-methyl/N-ethyl adjacent to an activating group) is 1. The fourth-order valence-corrected chi connectivity index (χ4v) is 3.98. The number of aryl methyl sites for hydroxylation is 1. The molecule has 6 heteroatoms. The van der Waals surface area contributed by atoms with Gasteiger partial charge in [-0.2, -0.15) is 0 Å². The first-order valence-electron chi connectivity index (χ1n) is 9.55. The number of hydrogen-bond acceptors (Lipinski definition) is 6. The SMILES string of the molecule is COCCN(C)C[C@@H]1CN(c2cc(C)c3cccc(OC)c3n2)C[C@@H]1CO. The monoisotopic (exact) mass is 373 g/mol. The number of hydrogen-bond donors (Lipinski definition) is 1. The number of aliphatic hydroxyl groups excluding tert-OH is 1. The third-order valence-electron chi connectivity index (χ3n) is 5.57. The number of rotatable bonds is 8. The molecule has 2 heterocycles. The van der Waals surface area contributed by atoms with Gasteiger partial charge in [0.25, 0.3) is 0 Å². The van der Waals surface area contributed by atoms with Gasteiger partial charge in [-0.25, -0.2) is 4.98 Å². The number of para-hydroxylation sites is 1. The minimum absolute atomic E-state index is 0.204. The highest BCUT2D eigenvalue weighted by Gasteiger charge is 2.33. The van der Waals surface area contributed by atoms with Crippen LogP contribution in [-0.2, 0) is 4.74 Å². The van der Waals surface area contributed by atoms with Gasteiger partial charge in [-0.1, -0.05) is 12.1 Å². The molecule has 0 saturated carbocycles. The number of aliphatic hydroxyl groups is 1. The number of pyridine rings is 1. The lowest BCUT2D eigenvalue weighted by Gasteiger charge is -2.23. The normalized spacial score (nSPS) is 20.0. The van der Waals surface area contributed by atoms with Gasteiger partial charge in [0.2, 0.25) is 0 Å². The molecule has 1 aromatic carbocycles. The van der Waals surface area contributed by atoms with Crippen molar-refractivity contribution in [2.24, 2.45) is 11.8 Å². The predicted octanol–water partition coefficient (Wildman–Crippen LogP) is 2.17. The zero-order chi connectivity index (χ0) is 19.4. The van der Waals surface area contributed by atoms with Crippen LogP contribution in [0, 0.1) is 18.8 Å². The van der Waals surface area contributed by atoms with Gasteiger partial charge >= 0.3 is 0 Å². The van der Waals surface area contributed by atoms with Crippen molar-refractivity contribution in [3.8, 4) is 5.75 Å². The lowest BCUT2D eigenvalue weighted by Crippen LogP contribution is -2.33. The zero-order valence-electron chi connectivity index (χ0n) is 16.8. The fraction of sp³-hybridized carbons (Fsp3) is 0.571. The summed E-state index contributed by atoms with van der Waals surface area (Å²) < 4.78 is 10.7. The van der Waals surface area contributed by atoms with Gasteiger partial charge in [-0.15, -0.1) is 0 Å². The lowest BCUT2D eigenvalue weighted by atomic mass is 9.96. The summed E-state index contributed by atoms with van der Waals surface area (Å²) in [6.07, 6.45) is 0. The number of benzene rings is 1. The quantitative estimate of drug-likeness (QED) is 0.765. The Hall–Kier alpha value is -1.89. The molecule has 2 atom stereocenters. The van der Waals surface area contributed by atoms with Crippen molar-refractivity contribution >= 4 is 16.7 Å². The van der Waals surface area contributed by atoms with E-state index in [1.54, 1.807) is 14.2 Å². The summed E-state index contributed by atoms with van der Waals surface area (Å²) in [5.74, 6) is 2.42. The van der Waals surface area contributed by atoms with Gasteiger partial charge in [0.05, 0.1) is 13.7 Å². The molecular weight excluding hydrogens is 342 g/mol. The number of aromatic nitrogens is 1. The van der Waals surface area contributed by atoms with Crippen molar-refractivity contribution in [1.29, 1.82) is 0 Å². The van der Waals surface area contributed by atoms with E-state index in [1.807, 2.05) is 12.1 Å². The maximum Gasteiger partial charge on any atom is 0.145 e. The van der Waals surface area contributed by atoms with E-state index in [0.29, 0.717) is 5.92 Å². The Labute approximate surface area is 161 Å². The second kappa shape index (κ2) is 8.87. The highest BCUT2D eigenvalue weighted by molar-refractivity contribution is 5.88. The van der Waals surface area contributed by atoms with E-state index < -0.39 is 0 Å². The van der Waals surface area contributed by atoms with Crippen LogP contribution >= 0.6 is 0 Å². The molecule has 148 valence electrons. The van der Waals surface area contributed by atoms with Gasteiger partial charge in [0.1, 0.15) is 17.1 Å². The molecule has 0 bridgehead atoms. The Morgan fingerprint density at radius 2 is 2.04 bits per heavy atom. The van der Waals surface area contributed by atoms with Crippen LogP contribution in [0.1, 0.15) is 5.56 Å². The molecule has 0 amide bonds. The highest BCUT2D eigenvalue weighted by Crippen LogP contribution is 2.33. The third kappa shape index (κ3) is 4.34. The molecule has 1 aliphatic heterocycles. The van der Waals surface area contributed by atoms with Crippen LogP contribution in [0.25, 0.3) is 10.9 Å². The first-order valence-corrected chi connectivity index (χ1v) is 9.55. The highest BCUT2D eigenvalue weighted by atomic mass is 16.5. The topological polar surface area (TPSA) is 58.1 Å². The molecule has 1 aliphatic rings. The maximum absolute atomic E-state index is 9.89. The summed E-state index contributed by atoms with van der Waals surface area (Å²) in [6, 6.07) is 8.18. The lowest BCUT2D eigenvalue weighted by molar-refractivity contribution is 0.136. The van der Waals surface area contributed by atoms with Gasteiger partial charge in [0.15, 0.2) is 0 Å². The van der Waals surface area contributed by atoms with E-state index in [0.717, 1.165) is 55.3 Å². The summed E-state index contributed by atoms with van der Waals surface area (Å²) in [6.45, 7) is 6.61. The summed E-state index contributed by atoms with van der Waals surface area (Å²) in [4.78, 5) is 9.49. The van der Waals surface area contributed by atoms with Crippen molar-refractivity contribution < 1.29 is 14.6 Å². The molecule has 2 aromatic rings. The number of nitrogens with zero attached hydrogens (tertiary/aromatic N) is 3. The molecular formula is C21H31N3O3. The minimum atomic E-state index is 0.204. The first-order chi connectivity index (χ1) is 13.1. The van der Waals surface area contributed by atoms with Crippen molar-refractivity contribution in [1.82, 2.24) is 9.88 Å². The van der Waals surface area contributed by atoms with E-state index in [-0.39, 0.29) is 12.5 Å². The maximum atomic E-state index is 9.89. The average Bonchev–Trinajstić information content (AvgIpc) is 3.08. The van der Waals surface area contributed by atoms with Crippen LogP contribution in [0.4, 0.5) is 5.82 Å². The average molecular weight is 373 g/mol. The van der Waals surface area contributed by atoms with Crippen LogP contribution in [0.5, 0.6) is 5.75 Å². The Morgan fingerprint density at radius 3 is 2.74 bits per heavy atom. The molecule has 6 nitrogen and oxygen atoms in total. The Morgan fingerprint density at radius 1 is 1.26 bits per heavy atom. The standard InChI is InChI=1S/C21H31N3O3/c1-15-10-20(22-21-18(15)6-5-7-19(21)27-4)24-12-16(17(13-24)14-25)11-23(2)8-9-26-3/h5-7,10,16-17,25H,8-9,11-14H2,1-4H3/t16-,17-/m1/s1. The third-order valence-corrected chi connectivity index (χ3v) is 5.57. The molecule has 1 saturated heterocycles. The molecule has 0 spiro atoms. The Kier molecular flexibility index (Phi) is 6.52. The van der Waals surface area contributed by atoms with Crippen LogP contribution in [0.3, 0.4) is 0 Å². The van der Waals surface area contributed by atoms with E-state index in [4.69, 9.17) is 14.5 Å². The van der Waals surface area contributed by atoms with Crippen molar-refractivity contribution in [2.45, 2.75) is 6.92 Å². The minimum Gasteiger partial charge on any atom is -0.494 e. The van der Waals surface area contributed by atoms with Crippen LogP contribution < -0.4 is 9.64 Å². The van der Waals surface area contributed by atoms with E-state index >= 15 is 0 Å². The van der Waals surface area contributed by atoms with E-state index in [9.17, 15) is 5.11 Å². The second-order valence-corrected chi connectivity index (χ2v) is 7.52. The Balaban J connectivity index is 1.82. The largest absolute Gasteiger partial charge is 0.494 e. The molecule has 0 aliphatic carbocycles. The fourth-order valence-electron chi connectivity index (χ4n) is 3.98. The molecule has 3 rings (SSSR count).